The Hall–Kier alpha value is -2.39. The molecule has 0 saturated carbocycles. The number of halogens is 1. The number of alkyl halides is 1. The van der Waals surface area contributed by atoms with Crippen molar-refractivity contribution in [1.29, 1.82) is 0 Å². The van der Waals surface area contributed by atoms with Crippen LogP contribution in [0.2, 0.25) is 0 Å². The predicted octanol–water partition coefficient (Wildman–Crippen LogP) is 5.53. The smallest absolute Gasteiger partial charge is 0.0622 e. The lowest BCUT2D eigenvalue weighted by Crippen LogP contribution is -3.67. The lowest BCUT2D eigenvalue weighted by molar-refractivity contribution is -0.691. The maximum absolute atomic E-state index is 2.49. The summed E-state index contributed by atoms with van der Waals surface area (Å²) in [5.74, 6) is 0. The van der Waals surface area contributed by atoms with Gasteiger partial charge in [0.2, 0.25) is 3.42 Å². The minimum Gasteiger partial charge on any atom is -0.0622 e. The van der Waals surface area contributed by atoms with E-state index in [2.05, 4.69) is 151 Å². The van der Waals surface area contributed by atoms with Crippen LogP contribution >= 0.6 is 0 Å². The van der Waals surface area contributed by atoms with Crippen molar-refractivity contribution >= 4 is 0 Å². The molecule has 0 saturated heterocycles. The van der Waals surface area contributed by atoms with Crippen molar-refractivity contribution in [3.05, 3.63) is 141 Å². The minimum absolute atomic E-state index is 0.106. The second-order valence-corrected chi connectivity index (χ2v) is 14.5. The van der Waals surface area contributed by atoms with Gasteiger partial charge in [0.25, 0.3) is 0 Å². The molecule has 0 heterocycles. The lowest BCUT2D eigenvalue weighted by atomic mass is 9.81. The molecular formula is C33H36I+. The lowest BCUT2D eigenvalue weighted by Gasteiger charge is -2.27. The van der Waals surface area contributed by atoms with E-state index in [1.54, 1.807) is 0 Å². The minimum atomic E-state index is -0.492. The van der Waals surface area contributed by atoms with Crippen LogP contribution in [0, 0.1) is 3.57 Å². The van der Waals surface area contributed by atoms with E-state index in [0.29, 0.717) is 0 Å². The molecule has 0 aliphatic rings. The van der Waals surface area contributed by atoms with Crippen molar-refractivity contribution in [2.45, 2.75) is 55.8 Å². The van der Waals surface area contributed by atoms with Crippen LogP contribution in [0.4, 0.5) is 0 Å². The Labute approximate surface area is 216 Å². The molecule has 4 rings (SSSR count). The summed E-state index contributed by atoms with van der Waals surface area (Å²) in [6, 6.07) is 40.8. The van der Waals surface area contributed by atoms with Gasteiger partial charge in [-0.1, -0.05) is 139 Å². The summed E-state index contributed by atoms with van der Waals surface area (Å²) in [7, 11) is 0. The fraction of sp³-hybridized carbons (Fsp3) is 0.273. The van der Waals surface area contributed by atoms with Crippen LogP contribution in [0.5, 0.6) is 0 Å². The first-order valence-electron chi connectivity index (χ1n) is 12.1. The quantitative estimate of drug-likeness (QED) is 0.171. The van der Waals surface area contributed by atoms with E-state index in [4.69, 9.17) is 0 Å². The zero-order valence-electron chi connectivity index (χ0n) is 21.3. The zero-order chi connectivity index (χ0) is 24.4. The molecule has 0 aromatic heterocycles. The van der Waals surface area contributed by atoms with E-state index in [0.717, 1.165) is 0 Å². The first-order chi connectivity index (χ1) is 16.1. The highest BCUT2D eigenvalue weighted by Gasteiger charge is 2.50. The van der Waals surface area contributed by atoms with E-state index in [9.17, 15) is 0 Å². The zero-order valence-corrected chi connectivity index (χ0v) is 23.4. The van der Waals surface area contributed by atoms with Crippen LogP contribution in [0.15, 0.2) is 109 Å². The molecule has 0 atom stereocenters. The van der Waals surface area contributed by atoms with Crippen molar-refractivity contribution in [1.82, 2.24) is 0 Å². The molecule has 0 radical (unpaired) electrons. The Morgan fingerprint density at radius 2 is 0.735 bits per heavy atom. The average Bonchev–Trinajstić information content (AvgIpc) is 2.83. The molecule has 34 heavy (non-hydrogen) atoms. The molecule has 0 aliphatic carbocycles. The van der Waals surface area contributed by atoms with E-state index in [1.807, 2.05) is 0 Å². The Bertz CT molecular complexity index is 1080. The standard InChI is InChI=1S/C33H36I/c1-31(2,3)28-22-29(32(4,5)6)24-30(23-28)34-33(25-16-10-7-11-17-25,26-18-12-8-13-19-26)27-20-14-9-15-21-27/h7-24H,1-6H3/q+1. The van der Waals surface area contributed by atoms with Gasteiger partial charge in [0.05, 0.1) is 0 Å². The van der Waals surface area contributed by atoms with Gasteiger partial charge in [-0.3, -0.25) is 0 Å². The van der Waals surface area contributed by atoms with Crippen LogP contribution in [0.1, 0.15) is 69.4 Å². The highest BCUT2D eigenvalue weighted by Crippen LogP contribution is 2.33. The van der Waals surface area contributed by atoms with Crippen molar-refractivity contribution in [2.24, 2.45) is 0 Å². The van der Waals surface area contributed by atoms with Crippen molar-refractivity contribution in [3.63, 3.8) is 0 Å². The van der Waals surface area contributed by atoms with E-state index in [1.165, 1.54) is 31.4 Å². The Morgan fingerprint density at radius 3 is 1.03 bits per heavy atom. The van der Waals surface area contributed by atoms with Crippen molar-refractivity contribution in [3.8, 4) is 0 Å². The number of hydrogen-bond acceptors (Lipinski definition) is 0. The van der Waals surface area contributed by atoms with Gasteiger partial charge in [-0.15, -0.1) is 0 Å². The molecular weight excluding hydrogens is 523 g/mol. The van der Waals surface area contributed by atoms with Crippen molar-refractivity contribution < 1.29 is 21.2 Å². The fourth-order valence-electron chi connectivity index (χ4n) is 4.34. The molecule has 0 aliphatic heterocycles. The van der Waals surface area contributed by atoms with Gasteiger partial charge in [0.1, 0.15) is 0 Å². The van der Waals surface area contributed by atoms with Gasteiger partial charge < -0.3 is 0 Å². The summed E-state index contributed by atoms with van der Waals surface area (Å²) in [4.78, 5) is 0. The van der Waals surface area contributed by atoms with Gasteiger partial charge in [0, 0.05) is 16.7 Å². The Balaban J connectivity index is 2.02. The average molecular weight is 560 g/mol. The molecule has 0 unspecified atom stereocenters. The molecule has 0 fully saturated rings. The molecule has 1 heteroatoms. The highest BCUT2D eigenvalue weighted by molar-refractivity contribution is 5.46. The number of benzene rings is 4. The van der Waals surface area contributed by atoms with Gasteiger partial charge in [0.15, 0.2) is 3.57 Å². The third-order valence-corrected chi connectivity index (χ3v) is 10.3. The van der Waals surface area contributed by atoms with Crippen LogP contribution < -0.4 is 21.2 Å². The number of rotatable bonds is 5. The van der Waals surface area contributed by atoms with E-state index < -0.39 is 21.2 Å². The van der Waals surface area contributed by atoms with E-state index >= 15 is 0 Å². The van der Waals surface area contributed by atoms with Gasteiger partial charge in [-0.25, -0.2) is 0 Å². The summed E-state index contributed by atoms with van der Waals surface area (Å²) in [6.45, 7) is 14.0. The normalized spacial score (nSPS) is 12.5. The second kappa shape index (κ2) is 9.70. The van der Waals surface area contributed by atoms with Crippen LogP contribution in [0.3, 0.4) is 0 Å². The summed E-state index contributed by atoms with van der Waals surface area (Å²) >= 11 is -0.492. The monoisotopic (exact) mass is 559 g/mol. The molecule has 0 N–H and O–H groups in total. The van der Waals surface area contributed by atoms with Crippen LogP contribution in [0.25, 0.3) is 0 Å². The largest absolute Gasteiger partial charge is 0.335 e. The topological polar surface area (TPSA) is 0 Å². The van der Waals surface area contributed by atoms with Gasteiger partial charge >= 0.3 is 21.2 Å². The molecule has 0 nitrogen and oxygen atoms in total. The summed E-state index contributed by atoms with van der Waals surface area (Å²) in [6.07, 6.45) is 0. The molecule has 4 aromatic carbocycles. The highest BCUT2D eigenvalue weighted by atomic mass is 127. The summed E-state index contributed by atoms with van der Waals surface area (Å²) in [5.41, 5.74) is 7.19. The molecule has 0 bridgehead atoms. The fourth-order valence-corrected chi connectivity index (χ4v) is 8.27. The Morgan fingerprint density at radius 1 is 0.412 bits per heavy atom. The molecule has 0 amide bonds. The molecule has 174 valence electrons. The third-order valence-electron chi connectivity index (χ3n) is 6.40. The third kappa shape index (κ3) is 5.15. The van der Waals surface area contributed by atoms with E-state index in [-0.39, 0.29) is 14.3 Å². The van der Waals surface area contributed by atoms with Crippen LogP contribution in [-0.2, 0) is 14.3 Å². The maximum Gasteiger partial charge on any atom is 0.335 e. The van der Waals surface area contributed by atoms with Gasteiger partial charge in [-0.05, 0) is 34.1 Å². The summed E-state index contributed by atoms with van der Waals surface area (Å²) < 4.78 is 1.32. The van der Waals surface area contributed by atoms with Gasteiger partial charge in [-0.2, -0.15) is 0 Å². The number of hydrogen-bond donors (Lipinski definition) is 0. The second-order valence-electron chi connectivity index (χ2n) is 11.1. The molecule has 0 spiro atoms. The predicted molar refractivity (Wildman–Crippen MR) is 142 cm³/mol. The summed E-state index contributed by atoms with van der Waals surface area (Å²) in [5, 5.41) is 0. The maximum atomic E-state index is 2.49. The molecule has 4 aromatic rings. The Kier molecular flexibility index (Phi) is 7.05. The first kappa shape index (κ1) is 24.7. The first-order valence-corrected chi connectivity index (χ1v) is 14.2. The van der Waals surface area contributed by atoms with Crippen molar-refractivity contribution in [2.75, 3.05) is 0 Å². The SMILES string of the molecule is CC(C)(C)c1cc([I+]C(c2ccccc2)(c2ccccc2)c2ccccc2)cc(C(C)(C)C)c1. The van der Waals surface area contributed by atoms with Crippen LogP contribution in [-0.4, -0.2) is 0 Å².